The maximum atomic E-state index is 8.13. The van der Waals surface area contributed by atoms with Gasteiger partial charge in [-0.3, -0.25) is 0 Å². The lowest BCUT2D eigenvalue weighted by molar-refractivity contribution is 0.187. The lowest BCUT2D eigenvalue weighted by Gasteiger charge is -2.31. The molecule has 0 aromatic heterocycles. The second-order valence-corrected chi connectivity index (χ2v) is 3.64. The molecule has 4 nitrogen and oxygen atoms in total. The van der Waals surface area contributed by atoms with Crippen molar-refractivity contribution in [1.82, 2.24) is 4.90 Å². The van der Waals surface area contributed by atoms with Crippen molar-refractivity contribution >= 4 is 0 Å². The van der Waals surface area contributed by atoms with Gasteiger partial charge in [0.05, 0.1) is 0 Å². The predicted molar refractivity (Wildman–Crippen MR) is 53.5 cm³/mol. The minimum Gasteiger partial charge on any atom is -0.303 e. The van der Waals surface area contributed by atoms with Crippen LogP contribution >= 0.6 is 0 Å². The Hall–Kier alpha value is -0.730. The van der Waals surface area contributed by atoms with E-state index in [4.69, 9.17) is 5.53 Å². The molecule has 0 aromatic rings. The summed E-state index contributed by atoms with van der Waals surface area (Å²) in [5.74, 6) is 0.908. The van der Waals surface area contributed by atoms with Gasteiger partial charge in [0.15, 0.2) is 0 Å². The summed E-state index contributed by atoms with van der Waals surface area (Å²) in [7, 11) is 0. The van der Waals surface area contributed by atoms with E-state index in [-0.39, 0.29) is 0 Å². The second kappa shape index (κ2) is 5.84. The van der Waals surface area contributed by atoms with Crippen LogP contribution in [0.1, 0.15) is 26.2 Å². The van der Waals surface area contributed by atoms with Gasteiger partial charge in [-0.05, 0) is 30.8 Å². The van der Waals surface area contributed by atoms with Gasteiger partial charge in [0, 0.05) is 24.5 Å². The number of azide groups is 1. The Bertz CT molecular complexity index is 182. The summed E-state index contributed by atoms with van der Waals surface area (Å²) in [6, 6.07) is 0. The van der Waals surface area contributed by atoms with E-state index in [2.05, 4.69) is 21.8 Å². The highest BCUT2D eigenvalue weighted by Crippen LogP contribution is 2.26. The minimum absolute atomic E-state index is 0.608. The van der Waals surface area contributed by atoms with Crippen molar-refractivity contribution < 1.29 is 0 Å². The van der Waals surface area contributed by atoms with Gasteiger partial charge in [-0.1, -0.05) is 18.5 Å². The molecule has 0 radical (unpaired) electrons. The Kier molecular flexibility index (Phi) is 4.65. The predicted octanol–water partition coefficient (Wildman–Crippen LogP) is 2.42. The fourth-order valence-electron chi connectivity index (χ4n) is 1.65. The maximum absolute atomic E-state index is 8.13. The second-order valence-electron chi connectivity index (χ2n) is 3.64. The Balaban J connectivity index is 2.13. The number of nitrogens with zero attached hydrogens (tertiary/aromatic N) is 4. The first-order valence-corrected chi connectivity index (χ1v) is 5.10. The Morgan fingerprint density at radius 3 is 2.77 bits per heavy atom. The summed E-state index contributed by atoms with van der Waals surface area (Å²) in [5.41, 5.74) is 8.13. The summed E-state index contributed by atoms with van der Waals surface area (Å²) in [5, 5.41) is 3.55. The molecular weight excluding hydrogens is 164 g/mol. The van der Waals surface area contributed by atoms with Crippen molar-refractivity contribution in [2.75, 3.05) is 26.2 Å². The highest BCUT2D eigenvalue weighted by Gasteiger charge is 2.19. The molecule has 1 aliphatic carbocycles. The summed E-state index contributed by atoms with van der Waals surface area (Å²) in [6.45, 7) is 5.94. The molecule has 4 heteroatoms. The molecule has 1 saturated carbocycles. The normalized spacial score (nSPS) is 16.8. The first-order valence-electron chi connectivity index (χ1n) is 5.10. The van der Waals surface area contributed by atoms with Crippen LogP contribution in [0.25, 0.3) is 10.4 Å². The monoisotopic (exact) mass is 182 g/mol. The van der Waals surface area contributed by atoms with Crippen LogP contribution in [0.3, 0.4) is 0 Å². The molecule has 0 atom stereocenters. The van der Waals surface area contributed by atoms with Crippen molar-refractivity contribution in [3.8, 4) is 0 Å². The minimum atomic E-state index is 0.608. The standard InChI is InChI=1S/C9H18N4/c1-2-13(7-6-11-12-10)8-9-4-3-5-9/h9H,2-8H2,1H3. The average Bonchev–Trinajstić information content (AvgIpc) is 2.08. The summed E-state index contributed by atoms with van der Waals surface area (Å²) in [4.78, 5) is 5.13. The van der Waals surface area contributed by atoms with Crippen molar-refractivity contribution in [2.45, 2.75) is 26.2 Å². The van der Waals surface area contributed by atoms with Gasteiger partial charge in [-0.15, -0.1) is 0 Å². The number of rotatable bonds is 6. The van der Waals surface area contributed by atoms with Crippen molar-refractivity contribution in [3.63, 3.8) is 0 Å². The van der Waals surface area contributed by atoms with Crippen molar-refractivity contribution in [1.29, 1.82) is 0 Å². The zero-order valence-corrected chi connectivity index (χ0v) is 8.32. The molecule has 1 rings (SSSR count). The van der Waals surface area contributed by atoms with Gasteiger partial charge in [0.25, 0.3) is 0 Å². The van der Waals surface area contributed by atoms with E-state index in [0.717, 1.165) is 19.0 Å². The molecule has 0 amide bonds. The molecule has 0 heterocycles. The molecule has 0 unspecified atom stereocenters. The van der Waals surface area contributed by atoms with Gasteiger partial charge >= 0.3 is 0 Å². The average molecular weight is 182 g/mol. The molecule has 74 valence electrons. The van der Waals surface area contributed by atoms with E-state index in [1.165, 1.54) is 25.8 Å². The third-order valence-electron chi connectivity index (χ3n) is 2.77. The van der Waals surface area contributed by atoms with Crippen LogP contribution < -0.4 is 0 Å². The van der Waals surface area contributed by atoms with E-state index in [1.54, 1.807) is 0 Å². The molecule has 1 fully saturated rings. The zero-order valence-electron chi connectivity index (χ0n) is 8.32. The number of likely N-dealkylation sites (N-methyl/N-ethyl adjacent to an activating group) is 1. The van der Waals surface area contributed by atoms with Crippen molar-refractivity contribution in [2.24, 2.45) is 11.0 Å². The van der Waals surface area contributed by atoms with Crippen LogP contribution in [0.4, 0.5) is 0 Å². The van der Waals surface area contributed by atoms with E-state index in [1.807, 2.05) is 0 Å². The summed E-state index contributed by atoms with van der Waals surface area (Å²) < 4.78 is 0. The Morgan fingerprint density at radius 1 is 1.54 bits per heavy atom. The number of hydrogen-bond donors (Lipinski definition) is 0. The third kappa shape index (κ3) is 3.66. The fraction of sp³-hybridized carbons (Fsp3) is 1.00. The fourth-order valence-corrected chi connectivity index (χ4v) is 1.65. The largest absolute Gasteiger partial charge is 0.303 e. The zero-order chi connectivity index (χ0) is 9.52. The van der Waals surface area contributed by atoms with Crippen molar-refractivity contribution in [3.05, 3.63) is 10.4 Å². The van der Waals surface area contributed by atoms with Crippen LogP contribution in [0.15, 0.2) is 5.11 Å². The first-order chi connectivity index (χ1) is 6.36. The van der Waals surface area contributed by atoms with Gasteiger partial charge < -0.3 is 4.90 Å². The molecule has 0 aromatic carbocycles. The highest BCUT2D eigenvalue weighted by molar-refractivity contribution is 4.73. The van der Waals surface area contributed by atoms with E-state index in [9.17, 15) is 0 Å². The Labute approximate surface area is 79.5 Å². The van der Waals surface area contributed by atoms with Crippen LogP contribution in [-0.4, -0.2) is 31.1 Å². The topological polar surface area (TPSA) is 52.0 Å². The molecule has 0 spiro atoms. The molecule has 0 aliphatic heterocycles. The van der Waals surface area contributed by atoms with E-state index in [0.29, 0.717) is 6.54 Å². The van der Waals surface area contributed by atoms with Gasteiger partial charge in [0.1, 0.15) is 0 Å². The SMILES string of the molecule is CCN(CCN=[N+]=[N-])CC1CCC1. The van der Waals surface area contributed by atoms with Crippen LogP contribution in [0, 0.1) is 5.92 Å². The first kappa shape index (κ1) is 10.4. The molecule has 0 N–H and O–H groups in total. The van der Waals surface area contributed by atoms with E-state index >= 15 is 0 Å². The van der Waals surface area contributed by atoms with Crippen LogP contribution in [0.5, 0.6) is 0 Å². The van der Waals surface area contributed by atoms with Gasteiger partial charge in [-0.25, -0.2) is 0 Å². The van der Waals surface area contributed by atoms with Crippen LogP contribution in [0.2, 0.25) is 0 Å². The third-order valence-corrected chi connectivity index (χ3v) is 2.77. The van der Waals surface area contributed by atoms with E-state index < -0.39 is 0 Å². The molecular formula is C9H18N4. The molecule has 0 saturated heterocycles. The molecule has 0 bridgehead atoms. The quantitative estimate of drug-likeness (QED) is 0.353. The smallest absolute Gasteiger partial charge is 0.0385 e. The lowest BCUT2D eigenvalue weighted by Crippen LogP contribution is -2.34. The molecule has 13 heavy (non-hydrogen) atoms. The lowest BCUT2D eigenvalue weighted by atomic mass is 9.85. The Morgan fingerprint density at radius 2 is 2.31 bits per heavy atom. The van der Waals surface area contributed by atoms with Crippen LogP contribution in [-0.2, 0) is 0 Å². The maximum Gasteiger partial charge on any atom is 0.0385 e. The molecule has 1 aliphatic rings. The number of hydrogen-bond acceptors (Lipinski definition) is 2. The summed E-state index contributed by atoms with van der Waals surface area (Å²) in [6.07, 6.45) is 4.18. The summed E-state index contributed by atoms with van der Waals surface area (Å²) >= 11 is 0. The van der Waals surface area contributed by atoms with Gasteiger partial charge in [0.2, 0.25) is 0 Å². The highest BCUT2D eigenvalue weighted by atomic mass is 15.2. The van der Waals surface area contributed by atoms with Gasteiger partial charge in [-0.2, -0.15) is 0 Å².